The van der Waals surface area contributed by atoms with E-state index in [4.69, 9.17) is 11.0 Å². The van der Waals surface area contributed by atoms with Gasteiger partial charge in [-0.05, 0) is 19.1 Å². The van der Waals surface area contributed by atoms with Crippen LogP contribution < -0.4 is 5.73 Å². The number of nitrogens with zero attached hydrogens (tertiary/aromatic N) is 2. The Bertz CT molecular complexity index is 293. The number of nitrogens with two attached hydrogens (primary N) is 1. The second-order valence-corrected chi connectivity index (χ2v) is 2.00. The quantitative estimate of drug-likeness (QED) is 0.659. The Kier molecular flexibility index (Phi) is 4.09. The van der Waals surface area contributed by atoms with Gasteiger partial charge in [-0.1, -0.05) is 0 Å². The van der Waals surface area contributed by atoms with Crippen LogP contribution in [-0.4, -0.2) is 10.9 Å². The van der Waals surface area contributed by atoms with Crippen molar-refractivity contribution in [2.75, 3.05) is 0 Å². The maximum Gasteiger partial charge on any atom is 0.250 e. The lowest BCUT2D eigenvalue weighted by Crippen LogP contribution is -2.12. The molecule has 12 heavy (non-hydrogen) atoms. The molecule has 1 rings (SSSR count). The van der Waals surface area contributed by atoms with E-state index in [0.29, 0.717) is 11.3 Å². The number of hydrogen-bond donors (Lipinski definition) is 1. The number of carbonyl (C=O) groups is 1. The van der Waals surface area contributed by atoms with Crippen LogP contribution in [0, 0.1) is 18.8 Å². The summed E-state index contributed by atoms with van der Waals surface area (Å²) < 4.78 is 0. The molecule has 2 N–H and O–H groups in total. The Labute approximate surface area is 70.6 Å². The molecule has 0 atom stereocenters. The number of primary amides is 1. The first kappa shape index (κ1) is 10.1. The average molecular weight is 163 g/mol. The van der Waals surface area contributed by atoms with Crippen LogP contribution >= 0.6 is 0 Å². The maximum absolute atomic E-state index is 10.6. The molecule has 1 aromatic heterocycles. The van der Waals surface area contributed by atoms with Gasteiger partial charge in [-0.15, -0.1) is 0 Å². The predicted octanol–water partition coefficient (Wildman–Crippen LogP) is 0.629. The lowest BCUT2D eigenvalue weighted by Gasteiger charge is -1.96. The van der Waals surface area contributed by atoms with Gasteiger partial charge in [-0.3, -0.25) is 9.78 Å². The standard InChI is InChI=1S/C7H8N2O.CHN/c1-5-6(7(8)10)3-2-4-9-5;1-2/h2-4H,1H3,(H2,8,10);1H. The molecule has 0 bridgehead atoms. The highest BCUT2D eigenvalue weighted by Crippen LogP contribution is 2.00. The van der Waals surface area contributed by atoms with Gasteiger partial charge in [-0.2, -0.15) is 0 Å². The molecule has 1 aromatic rings. The Hall–Kier alpha value is -1.89. The number of aromatic nitrogens is 1. The van der Waals surface area contributed by atoms with Crippen LogP contribution in [-0.2, 0) is 0 Å². The topological polar surface area (TPSA) is 79.8 Å². The number of hydrogen-bond acceptors (Lipinski definition) is 3. The van der Waals surface area contributed by atoms with Crippen molar-refractivity contribution in [3.63, 3.8) is 0 Å². The molecule has 0 fully saturated rings. The molecule has 0 aliphatic carbocycles. The summed E-state index contributed by atoms with van der Waals surface area (Å²) in [6.07, 6.45) is 1.63. The van der Waals surface area contributed by atoms with Crippen LogP contribution in [0.25, 0.3) is 0 Å². The second kappa shape index (κ2) is 4.85. The van der Waals surface area contributed by atoms with Crippen LogP contribution in [0.2, 0.25) is 0 Å². The molecule has 0 aliphatic heterocycles. The van der Waals surface area contributed by atoms with E-state index in [-0.39, 0.29) is 0 Å². The number of pyridine rings is 1. The highest BCUT2D eigenvalue weighted by Gasteiger charge is 2.01. The van der Waals surface area contributed by atoms with Crippen molar-refractivity contribution in [3.8, 4) is 6.57 Å². The van der Waals surface area contributed by atoms with Gasteiger partial charge in [-0.25, -0.2) is 5.26 Å². The molecule has 1 heterocycles. The molecular weight excluding hydrogens is 154 g/mol. The van der Waals surface area contributed by atoms with Gasteiger partial charge in [0.25, 0.3) is 5.91 Å². The van der Waals surface area contributed by atoms with Crippen LogP contribution in [0.3, 0.4) is 0 Å². The average Bonchev–Trinajstić information content (AvgIpc) is 2.08. The van der Waals surface area contributed by atoms with E-state index in [1.807, 2.05) is 0 Å². The Morgan fingerprint density at radius 2 is 2.25 bits per heavy atom. The monoisotopic (exact) mass is 163 g/mol. The van der Waals surface area contributed by atoms with Crippen LogP contribution in [0.4, 0.5) is 0 Å². The SMILES string of the molecule is C#N.Cc1ncccc1C(N)=O. The molecular formula is C8H9N3O. The molecule has 0 unspecified atom stereocenters. The van der Waals surface area contributed by atoms with E-state index in [2.05, 4.69) is 11.6 Å². The first-order valence-electron chi connectivity index (χ1n) is 3.19. The van der Waals surface area contributed by atoms with E-state index < -0.39 is 5.91 Å². The van der Waals surface area contributed by atoms with Gasteiger partial charge in [0.05, 0.1) is 5.56 Å². The summed E-state index contributed by atoms with van der Waals surface area (Å²) >= 11 is 0. The van der Waals surface area contributed by atoms with E-state index >= 15 is 0 Å². The van der Waals surface area contributed by atoms with Crippen LogP contribution in [0.15, 0.2) is 18.3 Å². The van der Waals surface area contributed by atoms with E-state index in [1.54, 1.807) is 25.3 Å². The van der Waals surface area contributed by atoms with Gasteiger partial charge < -0.3 is 5.73 Å². The van der Waals surface area contributed by atoms with Crippen molar-refractivity contribution in [1.29, 1.82) is 5.26 Å². The van der Waals surface area contributed by atoms with E-state index in [1.165, 1.54) is 0 Å². The van der Waals surface area contributed by atoms with Crippen molar-refractivity contribution in [3.05, 3.63) is 29.6 Å². The summed E-state index contributed by atoms with van der Waals surface area (Å²) in [5.41, 5.74) is 6.20. The van der Waals surface area contributed by atoms with E-state index in [0.717, 1.165) is 0 Å². The second-order valence-electron chi connectivity index (χ2n) is 2.00. The predicted molar refractivity (Wildman–Crippen MR) is 44.2 cm³/mol. The van der Waals surface area contributed by atoms with Gasteiger partial charge in [0, 0.05) is 18.5 Å². The highest BCUT2D eigenvalue weighted by atomic mass is 16.1. The zero-order valence-corrected chi connectivity index (χ0v) is 6.69. The first-order valence-corrected chi connectivity index (χ1v) is 3.19. The number of amides is 1. The number of nitriles is 1. The molecule has 0 saturated heterocycles. The maximum atomic E-state index is 10.6. The largest absolute Gasteiger partial charge is 0.366 e. The summed E-state index contributed by atoms with van der Waals surface area (Å²) in [6, 6.07) is 3.34. The summed E-state index contributed by atoms with van der Waals surface area (Å²) in [6.45, 7) is 5.25. The zero-order chi connectivity index (χ0) is 9.56. The first-order chi connectivity index (χ1) is 5.72. The minimum Gasteiger partial charge on any atom is -0.366 e. The smallest absolute Gasteiger partial charge is 0.250 e. The van der Waals surface area contributed by atoms with Crippen molar-refractivity contribution in [2.45, 2.75) is 6.92 Å². The normalized spacial score (nSPS) is 7.92. The van der Waals surface area contributed by atoms with Crippen molar-refractivity contribution < 1.29 is 4.79 Å². The number of rotatable bonds is 1. The summed E-state index contributed by atoms with van der Waals surface area (Å²) in [5.74, 6) is -0.425. The third-order valence-corrected chi connectivity index (χ3v) is 1.27. The fraction of sp³-hybridized carbons (Fsp3) is 0.125. The Balaban J connectivity index is 0.000000561. The van der Waals surface area contributed by atoms with Gasteiger partial charge in [0.1, 0.15) is 0 Å². The van der Waals surface area contributed by atoms with Gasteiger partial charge >= 0.3 is 0 Å². The third kappa shape index (κ3) is 2.39. The Morgan fingerprint density at radius 3 is 2.58 bits per heavy atom. The minimum atomic E-state index is -0.425. The number of aryl methyl sites for hydroxylation is 1. The van der Waals surface area contributed by atoms with Crippen molar-refractivity contribution >= 4 is 5.91 Å². The fourth-order valence-electron chi connectivity index (χ4n) is 0.745. The lowest BCUT2D eigenvalue weighted by atomic mass is 10.2. The van der Waals surface area contributed by atoms with Gasteiger partial charge in [0.2, 0.25) is 0 Å². The lowest BCUT2D eigenvalue weighted by molar-refractivity contribution is 0.0999. The molecule has 62 valence electrons. The third-order valence-electron chi connectivity index (χ3n) is 1.27. The fourth-order valence-corrected chi connectivity index (χ4v) is 0.745. The summed E-state index contributed by atoms with van der Waals surface area (Å²) in [4.78, 5) is 14.5. The molecule has 4 nitrogen and oxygen atoms in total. The zero-order valence-electron chi connectivity index (χ0n) is 6.69. The van der Waals surface area contributed by atoms with Crippen molar-refractivity contribution in [1.82, 2.24) is 4.98 Å². The highest BCUT2D eigenvalue weighted by molar-refractivity contribution is 5.93. The van der Waals surface area contributed by atoms with Crippen LogP contribution in [0.5, 0.6) is 0 Å². The molecule has 0 radical (unpaired) electrons. The van der Waals surface area contributed by atoms with E-state index in [9.17, 15) is 4.79 Å². The van der Waals surface area contributed by atoms with Crippen molar-refractivity contribution in [2.24, 2.45) is 5.73 Å². The molecule has 0 spiro atoms. The number of carbonyl (C=O) groups excluding carboxylic acids is 1. The van der Waals surface area contributed by atoms with Gasteiger partial charge in [0.15, 0.2) is 0 Å². The molecule has 0 saturated carbocycles. The Morgan fingerprint density at radius 1 is 1.67 bits per heavy atom. The summed E-state index contributed by atoms with van der Waals surface area (Å²) in [7, 11) is 0. The summed E-state index contributed by atoms with van der Waals surface area (Å²) in [5, 5.41) is 6.50. The minimum absolute atomic E-state index is 0.425. The molecule has 1 amide bonds. The molecule has 0 aliphatic rings. The van der Waals surface area contributed by atoms with Crippen LogP contribution in [0.1, 0.15) is 16.1 Å². The molecule has 4 heteroatoms. The molecule has 0 aromatic carbocycles.